The Hall–Kier alpha value is -2.94. The van der Waals surface area contributed by atoms with Crippen molar-refractivity contribution >= 4 is 10.9 Å². The van der Waals surface area contributed by atoms with Gasteiger partial charge in [0.05, 0.1) is 5.69 Å². The van der Waals surface area contributed by atoms with Gasteiger partial charge in [0.1, 0.15) is 0 Å². The highest BCUT2D eigenvalue weighted by Crippen LogP contribution is 2.33. The maximum atomic E-state index is 4.41. The minimum absolute atomic E-state index is 0.0504. The van der Waals surface area contributed by atoms with Gasteiger partial charge in [-0.15, -0.1) is 0 Å². The molecule has 3 heteroatoms. The van der Waals surface area contributed by atoms with Gasteiger partial charge >= 0.3 is 0 Å². The van der Waals surface area contributed by atoms with E-state index in [4.69, 9.17) is 0 Å². The first kappa shape index (κ1) is 18.4. The number of hydrogen-bond acceptors (Lipinski definition) is 1. The summed E-state index contributed by atoms with van der Waals surface area (Å²) in [5.74, 6) is 0. The standard InChI is InChI=1S/C25H28N3/c1-17-11-12-19-9-7-8-10-22(19)28(17)24-16-20(25(3,4)5)15-21(18(24)2)23-13-14-26-27(23)6/h7-16H,1-6H3/q+1. The van der Waals surface area contributed by atoms with Crippen molar-refractivity contribution in [1.29, 1.82) is 0 Å². The molecule has 0 saturated heterocycles. The van der Waals surface area contributed by atoms with Crippen LogP contribution < -0.4 is 4.57 Å². The quantitative estimate of drug-likeness (QED) is 0.431. The van der Waals surface area contributed by atoms with E-state index in [9.17, 15) is 0 Å². The van der Waals surface area contributed by atoms with E-state index in [1.807, 2.05) is 17.9 Å². The van der Waals surface area contributed by atoms with Gasteiger partial charge in [-0.1, -0.05) is 32.9 Å². The van der Waals surface area contributed by atoms with Crippen LogP contribution in [0.4, 0.5) is 0 Å². The smallest absolute Gasteiger partial charge is 0.218 e. The summed E-state index contributed by atoms with van der Waals surface area (Å²) in [4.78, 5) is 0. The number of rotatable bonds is 2. The van der Waals surface area contributed by atoms with Crippen LogP contribution in [0.25, 0.3) is 27.8 Å². The average molecular weight is 371 g/mol. The molecule has 4 aromatic rings. The minimum atomic E-state index is 0.0504. The zero-order chi connectivity index (χ0) is 20.1. The summed E-state index contributed by atoms with van der Waals surface area (Å²) in [6, 6.07) is 19.8. The highest BCUT2D eigenvalue weighted by Gasteiger charge is 2.25. The van der Waals surface area contributed by atoms with Gasteiger partial charge in [-0.2, -0.15) is 9.67 Å². The zero-order valence-electron chi connectivity index (χ0n) is 17.6. The summed E-state index contributed by atoms with van der Waals surface area (Å²) >= 11 is 0. The lowest BCUT2D eigenvalue weighted by atomic mass is 9.84. The molecule has 2 aromatic heterocycles. The van der Waals surface area contributed by atoms with Gasteiger partial charge in [-0.05, 0) is 42.2 Å². The van der Waals surface area contributed by atoms with E-state index < -0.39 is 0 Å². The predicted molar refractivity (Wildman–Crippen MR) is 116 cm³/mol. The predicted octanol–water partition coefficient (Wildman–Crippen LogP) is 5.43. The number of fused-ring (bicyclic) bond motifs is 1. The molecule has 142 valence electrons. The van der Waals surface area contributed by atoms with Crippen molar-refractivity contribution < 1.29 is 4.57 Å². The third-order valence-corrected chi connectivity index (χ3v) is 5.62. The molecule has 0 N–H and O–H groups in total. The van der Waals surface area contributed by atoms with Crippen LogP contribution >= 0.6 is 0 Å². The van der Waals surface area contributed by atoms with Crippen molar-refractivity contribution in [3.63, 3.8) is 0 Å². The lowest BCUT2D eigenvalue weighted by Gasteiger charge is -2.22. The normalized spacial score (nSPS) is 11.9. The van der Waals surface area contributed by atoms with Crippen LogP contribution in [0, 0.1) is 13.8 Å². The van der Waals surface area contributed by atoms with Crippen LogP contribution in [0.15, 0.2) is 60.8 Å². The summed E-state index contributed by atoms with van der Waals surface area (Å²) in [6.07, 6.45) is 1.87. The van der Waals surface area contributed by atoms with Crippen LogP contribution in [-0.2, 0) is 12.5 Å². The number of aromatic nitrogens is 3. The van der Waals surface area contributed by atoms with Crippen molar-refractivity contribution in [3.05, 3.63) is 77.6 Å². The molecule has 2 aromatic carbocycles. The SMILES string of the molecule is Cc1c(-c2ccnn2C)cc(C(C)(C)C)cc1-[n+]1c(C)ccc2ccccc21. The van der Waals surface area contributed by atoms with Crippen molar-refractivity contribution in [2.24, 2.45) is 7.05 Å². The Kier molecular flexibility index (Phi) is 4.34. The number of nitrogens with zero attached hydrogens (tertiary/aromatic N) is 3. The molecule has 4 rings (SSSR count). The lowest BCUT2D eigenvalue weighted by molar-refractivity contribution is -0.574. The molecule has 3 nitrogen and oxygen atoms in total. The van der Waals surface area contributed by atoms with Crippen molar-refractivity contribution in [2.75, 3.05) is 0 Å². The van der Waals surface area contributed by atoms with Crippen molar-refractivity contribution in [2.45, 2.75) is 40.0 Å². The minimum Gasteiger partial charge on any atom is -0.268 e. The Morgan fingerprint density at radius 3 is 2.36 bits per heavy atom. The molecular formula is C25H28N3+. The summed E-state index contributed by atoms with van der Waals surface area (Å²) in [5.41, 5.74) is 8.71. The van der Waals surface area contributed by atoms with Gasteiger partial charge < -0.3 is 0 Å². The van der Waals surface area contributed by atoms with E-state index in [2.05, 4.69) is 98.9 Å². The number of hydrogen-bond donors (Lipinski definition) is 0. The molecule has 28 heavy (non-hydrogen) atoms. The molecule has 2 heterocycles. The largest absolute Gasteiger partial charge is 0.268 e. The number of para-hydroxylation sites is 1. The van der Waals surface area contributed by atoms with E-state index in [1.54, 1.807) is 0 Å². The fraction of sp³-hybridized carbons (Fsp3) is 0.280. The zero-order valence-corrected chi connectivity index (χ0v) is 17.6. The molecule has 0 aliphatic carbocycles. The van der Waals surface area contributed by atoms with Crippen LogP contribution in [0.1, 0.15) is 37.6 Å². The van der Waals surface area contributed by atoms with Crippen molar-refractivity contribution in [3.8, 4) is 16.9 Å². The monoisotopic (exact) mass is 370 g/mol. The molecule has 0 fully saturated rings. The van der Waals surface area contributed by atoms with E-state index >= 15 is 0 Å². The summed E-state index contributed by atoms with van der Waals surface area (Å²) < 4.78 is 4.35. The van der Waals surface area contributed by atoms with Gasteiger partial charge in [0.25, 0.3) is 0 Å². The molecule has 0 bridgehead atoms. The molecule has 0 radical (unpaired) electrons. The fourth-order valence-electron chi connectivity index (χ4n) is 3.90. The topological polar surface area (TPSA) is 21.7 Å². The Balaban J connectivity index is 2.11. The van der Waals surface area contributed by atoms with Gasteiger partial charge in [0.2, 0.25) is 11.2 Å². The molecule has 0 unspecified atom stereocenters. The van der Waals surface area contributed by atoms with Crippen LogP contribution in [0.2, 0.25) is 0 Å². The van der Waals surface area contributed by atoms with E-state index in [0.29, 0.717) is 0 Å². The Bertz CT molecular complexity index is 1180. The van der Waals surface area contributed by atoms with E-state index in [-0.39, 0.29) is 5.41 Å². The lowest BCUT2D eigenvalue weighted by Crippen LogP contribution is -2.36. The summed E-state index contributed by atoms with van der Waals surface area (Å²) in [7, 11) is 2.01. The molecule has 0 spiro atoms. The maximum absolute atomic E-state index is 4.41. The highest BCUT2D eigenvalue weighted by molar-refractivity contribution is 5.77. The Labute approximate surface area is 167 Å². The second kappa shape index (κ2) is 6.59. The van der Waals surface area contributed by atoms with Gasteiger partial charge in [-0.25, -0.2) is 0 Å². The van der Waals surface area contributed by atoms with E-state index in [0.717, 1.165) is 5.69 Å². The second-order valence-electron chi connectivity index (χ2n) is 8.63. The first-order valence-electron chi connectivity index (χ1n) is 9.81. The Morgan fingerprint density at radius 2 is 1.68 bits per heavy atom. The van der Waals surface area contributed by atoms with E-state index in [1.165, 1.54) is 39.0 Å². The average Bonchev–Trinajstić information content (AvgIpc) is 3.07. The van der Waals surface area contributed by atoms with Crippen molar-refractivity contribution in [1.82, 2.24) is 9.78 Å². The molecule has 0 atom stereocenters. The highest BCUT2D eigenvalue weighted by atomic mass is 15.3. The van der Waals surface area contributed by atoms with Crippen LogP contribution in [0.5, 0.6) is 0 Å². The number of pyridine rings is 1. The number of benzene rings is 2. The second-order valence-corrected chi connectivity index (χ2v) is 8.63. The molecule has 0 amide bonds. The van der Waals surface area contributed by atoms with Gasteiger partial charge in [0, 0.05) is 54.9 Å². The third-order valence-electron chi connectivity index (χ3n) is 5.62. The molecular weight excluding hydrogens is 342 g/mol. The number of aryl methyl sites for hydroxylation is 2. The van der Waals surface area contributed by atoms with Crippen LogP contribution in [0.3, 0.4) is 0 Å². The van der Waals surface area contributed by atoms with Gasteiger partial charge in [0.15, 0.2) is 5.69 Å². The first-order chi connectivity index (χ1) is 13.3. The fourth-order valence-corrected chi connectivity index (χ4v) is 3.90. The van der Waals surface area contributed by atoms with Crippen LogP contribution in [-0.4, -0.2) is 9.78 Å². The summed E-state index contributed by atoms with van der Waals surface area (Å²) in [5, 5.41) is 5.65. The maximum Gasteiger partial charge on any atom is 0.218 e. The first-order valence-corrected chi connectivity index (χ1v) is 9.81. The molecule has 0 aliphatic heterocycles. The summed E-state index contributed by atoms with van der Waals surface area (Å²) in [6.45, 7) is 11.2. The Morgan fingerprint density at radius 1 is 0.929 bits per heavy atom. The third kappa shape index (κ3) is 3.01. The van der Waals surface area contributed by atoms with Gasteiger partial charge in [-0.3, -0.25) is 4.68 Å². The molecule has 0 aliphatic rings. The molecule has 0 saturated carbocycles.